The van der Waals surface area contributed by atoms with E-state index in [4.69, 9.17) is 16.9 Å². The Bertz CT molecular complexity index is 1190. The Kier molecular flexibility index (Phi) is 5.54. The molecule has 0 spiro atoms. The highest BCUT2D eigenvalue weighted by Crippen LogP contribution is 2.25. The van der Waals surface area contributed by atoms with Gasteiger partial charge in [0.2, 0.25) is 0 Å². The van der Waals surface area contributed by atoms with Crippen molar-refractivity contribution < 1.29 is 14.3 Å². The van der Waals surface area contributed by atoms with Crippen molar-refractivity contribution in [3.8, 4) is 5.75 Å². The highest BCUT2D eigenvalue weighted by Gasteiger charge is 2.26. The van der Waals surface area contributed by atoms with Gasteiger partial charge in [0.05, 0.1) is 23.0 Å². The molecule has 0 aliphatic carbocycles. The summed E-state index contributed by atoms with van der Waals surface area (Å²) in [4.78, 5) is 19.9. The number of aromatic nitrogens is 4. The van der Waals surface area contributed by atoms with E-state index in [2.05, 4.69) is 15.1 Å². The number of aromatic hydroxyl groups is 1. The monoisotopic (exact) mass is 414 g/mol. The Hall–Kier alpha value is -3.76. The van der Waals surface area contributed by atoms with E-state index >= 15 is 4.39 Å². The molecule has 10 nitrogen and oxygen atoms in total. The van der Waals surface area contributed by atoms with Crippen LogP contribution in [0.25, 0.3) is 5.52 Å². The number of carbonyl (C=O) groups excluding carboxylic acids is 1. The number of nitrogens with one attached hydrogen (secondary N) is 1. The smallest absolute Gasteiger partial charge is 0.268 e. The minimum Gasteiger partial charge on any atom is -0.504 e. The maximum atomic E-state index is 15.0. The van der Waals surface area contributed by atoms with Crippen LogP contribution in [-0.4, -0.2) is 41.9 Å². The molecule has 1 amide bonds. The molecule has 3 aromatic heterocycles. The fourth-order valence-electron chi connectivity index (χ4n) is 3.20. The van der Waals surface area contributed by atoms with Crippen LogP contribution in [0, 0.1) is 25.1 Å². The SMILES string of the molecule is CCCCn1nc(C)c(O)c1C(N)=NC(=N)c1c(F)c(C(N)=O)n2cc(C)ncc12. The number of rotatable bonds is 6. The van der Waals surface area contributed by atoms with Crippen LogP contribution in [0.5, 0.6) is 5.75 Å². The summed E-state index contributed by atoms with van der Waals surface area (Å²) >= 11 is 0. The van der Waals surface area contributed by atoms with Gasteiger partial charge in [0, 0.05) is 12.7 Å². The van der Waals surface area contributed by atoms with Gasteiger partial charge in [0.15, 0.2) is 23.2 Å². The van der Waals surface area contributed by atoms with Crippen LogP contribution < -0.4 is 11.5 Å². The van der Waals surface area contributed by atoms with E-state index in [0.29, 0.717) is 17.9 Å². The normalized spacial score (nSPS) is 11.9. The molecule has 30 heavy (non-hydrogen) atoms. The Labute approximate surface area is 171 Å². The fourth-order valence-corrected chi connectivity index (χ4v) is 3.20. The Morgan fingerprint density at radius 2 is 2.03 bits per heavy atom. The number of aliphatic imine (C=N–C) groups is 1. The van der Waals surface area contributed by atoms with Gasteiger partial charge in [-0.05, 0) is 20.3 Å². The Morgan fingerprint density at radius 1 is 1.33 bits per heavy atom. The van der Waals surface area contributed by atoms with E-state index in [1.807, 2.05) is 6.92 Å². The molecular weight excluding hydrogens is 391 g/mol. The number of hydrogen-bond donors (Lipinski definition) is 4. The molecule has 0 aliphatic heterocycles. The molecule has 3 rings (SSSR count). The first-order valence-corrected chi connectivity index (χ1v) is 9.33. The molecule has 11 heteroatoms. The first kappa shape index (κ1) is 21.0. The van der Waals surface area contributed by atoms with Crippen LogP contribution in [0.15, 0.2) is 17.4 Å². The maximum absolute atomic E-state index is 15.0. The second-order valence-corrected chi connectivity index (χ2v) is 6.89. The van der Waals surface area contributed by atoms with Crippen LogP contribution >= 0.6 is 0 Å². The summed E-state index contributed by atoms with van der Waals surface area (Å²) in [6.07, 6.45) is 4.46. The van der Waals surface area contributed by atoms with Crippen LogP contribution in [-0.2, 0) is 6.54 Å². The number of halogens is 1. The summed E-state index contributed by atoms with van der Waals surface area (Å²) in [5.74, 6) is -2.88. The highest BCUT2D eigenvalue weighted by atomic mass is 19.1. The van der Waals surface area contributed by atoms with Crippen LogP contribution in [0.1, 0.15) is 52.9 Å². The summed E-state index contributed by atoms with van der Waals surface area (Å²) in [7, 11) is 0. The average molecular weight is 414 g/mol. The Balaban J connectivity index is 2.13. The van der Waals surface area contributed by atoms with Crippen molar-refractivity contribution in [1.29, 1.82) is 5.41 Å². The number of nitrogens with zero attached hydrogens (tertiary/aromatic N) is 5. The topological polar surface area (TPSA) is 161 Å². The highest BCUT2D eigenvalue weighted by molar-refractivity contribution is 6.14. The van der Waals surface area contributed by atoms with Crippen LogP contribution in [0.2, 0.25) is 0 Å². The number of fused-ring (bicyclic) bond motifs is 1. The van der Waals surface area contributed by atoms with Gasteiger partial charge < -0.3 is 21.0 Å². The summed E-state index contributed by atoms with van der Waals surface area (Å²) in [5.41, 5.74) is 11.9. The van der Waals surface area contributed by atoms with E-state index in [0.717, 1.165) is 12.8 Å². The van der Waals surface area contributed by atoms with Gasteiger partial charge in [0.1, 0.15) is 17.1 Å². The van der Waals surface area contributed by atoms with E-state index in [1.54, 1.807) is 13.8 Å². The van der Waals surface area contributed by atoms with Gasteiger partial charge in [0.25, 0.3) is 5.91 Å². The minimum absolute atomic E-state index is 0.147. The molecule has 3 aromatic rings. The third-order valence-corrected chi connectivity index (χ3v) is 4.65. The van der Waals surface area contributed by atoms with E-state index < -0.39 is 23.3 Å². The second-order valence-electron chi connectivity index (χ2n) is 6.89. The molecule has 158 valence electrons. The molecule has 0 bridgehead atoms. The predicted molar refractivity (Wildman–Crippen MR) is 109 cm³/mol. The van der Waals surface area contributed by atoms with Crippen LogP contribution in [0.4, 0.5) is 4.39 Å². The number of amidine groups is 2. The van der Waals surface area contributed by atoms with Gasteiger partial charge in [-0.15, -0.1) is 0 Å². The standard InChI is InChI=1S/C19H23FN8O2/c1-4-5-6-28-15(16(29)10(3)26-28)18(22)25-17(21)12-11-7-24-9(2)8-27(11)14(13(12)20)19(23)30/h7-8,29H,4-6H2,1-3H3,(H2,23,30)(H3,21,22,25). The lowest BCUT2D eigenvalue weighted by Crippen LogP contribution is -2.21. The van der Waals surface area contributed by atoms with Gasteiger partial charge in [-0.2, -0.15) is 5.10 Å². The second kappa shape index (κ2) is 7.93. The van der Waals surface area contributed by atoms with Crippen molar-refractivity contribution in [2.24, 2.45) is 16.5 Å². The molecule has 3 heterocycles. The van der Waals surface area contributed by atoms with Crippen molar-refractivity contribution in [2.45, 2.75) is 40.2 Å². The molecule has 0 fully saturated rings. The number of primary amides is 1. The number of amides is 1. The van der Waals surface area contributed by atoms with E-state index in [1.165, 1.54) is 21.5 Å². The maximum Gasteiger partial charge on any atom is 0.268 e. The molecule has 0 saturated heterocycles. The largest absolute Gasteiger partial charge is 0.504 e. The quantitative estimate of drug-likeness (QED) is 0.355. The summed E-state index contributed by atoms with van der Waals surface area (Å²) < 4.78 is 17.8. The van der Waals surface area contributed by atoms with Crippen LogP contribution in [0.3, 0.4) is 0 Å². The fraction of sp³-hybridized carbons (Fsp3) is 0.316. The third-order valence-electron chi connectivity index (χ3n) is 4.65. The number of nitrogens with two attached hydrogens (primary N) is 2. The zero-order valence-corrected chi connectivity index (χ0v) is 16.9. The average Bonchev–Trinajstić information content (AvgIpc) is 3.12. The number of aryl methyl sites for hydroxylation is 3. The summed E-state index contributed by atoms with van der Waals surface area (Å²) in [6, 6.07) is 0. The number of unbranched alkanes of at least 4 members (excludes halogenated alkanes) is 1. The molecule has 0 aromatic carbocycles. The molecule has 0 radical (unpaired) electrons. The van der Waals surface area contributed by atoms with Gasteiger partial charge in [-0.1, -0.05) is 13.3 Å². The van der Waals surface area contributed by atoms with Crippen molar-refractivity contribution in [3.05, 3.63) is 46.6 Å². The van der Waals surface area contributed by atoms with Gasteiger partial charge >= 0.3 is 0 Å². The van der Waals surface area contributed by atoms with Crippen molar-refractivity contribution >= 4 is 23.1 Å². The lowest BCUT2D eigenvalue weighted by Gasteiger charge is -2.07. The number of carbonyl (C=O) groups is 1. The Morgan fingerprint density at radius 3 is 2.67 bits per heavy atom. The number of hydrogen-bond acceptors (Lipinski definition) is 5. The van der Waals surface area contributed by atoms with Crippen molar-refractivity contribution in [2.75, 3.05) is 0 Å². The zero-order chi connectivity index (χ0) is 22.2. The molecule has 0 saturated carbocycles. The lowest BCUT2D eigenvalue weighted by molar-refractivity contribution is 0.0991. The first-order valence-electron chi connectivity index (χ1n) is 9.33. The predicted octanol–water partition coefficient (Wildman–Crippen LogP) is 1.62. The lowest BCUT2D eigenvalue weighted by atomic mass is 10.2. The van der Waals surface area contributed by atoms with Gasteiger partial charge in [-0.25, -0.2) is 9.38 Å². The zero-order valence-electron chi connectivity index (χ0n) is 16.9. The molecule has 0 aliphatic rings. The molecule has 0 unspecified atom stereocenters. The first-order chi connectivity index (χ1) is 14.2. The third kappa shape index (κ3) is 3.49. The molecular formula is C19H23FN8O2. The van der Waals surface area contributed by atoms with E-state index in [-0.39, 0.29) is 28.4 Å². The summed E-state index contributed by atoms with van der Waals surface area (Å²) in [6.45, 7) is 5.80. The van der Waals surface area contributed by atoms with Crippen molar-refractivity contribution in [1.82, 2.24) is 19.2 Å². The summed E-state index contributed by atoms with van der Waals surface area (Å²) in [5, 5.41) is 22.9. The molecule has 6 N–H and O–H groups in total. The van der Waals surface area contributed by atoms with Crippen molar-refractivity contribution in [3.63, 3.8) is 0 Å². The van der Waals surface area contributed by atoms with Gasteiger partial charge in [-0.3, -0.25) is 19.9 Å². The molecule has 0 atom stereocenters. The minimum atomic E-state index is -0.991. The van der Waals surface area contributed by atoms with E-state index in [9.17, 15) is 9.90 Å².